The maximum absolute atomic E-state index is 11.7. The smallest absolute Gasteiger partial charge is 0.250 e. The summed E-state index contributed by atoms with van der Waals surface area (Å²) >= 11 is 0. The number of hydrogen-bond donors (Lipinski definition) is 1. The molecule has 2 heterocycles. The topological polar surface area (TPSA) is 65.8 Å². The maximum Gasteiger partial charge on any atom is 0.250 e. The van der Waals surface area contributed by atoms with Crippen molar-refractivity contribution in [2.75, 3.05) is 5.73 Å². The lowest BCUT2D eigenvalue weighted by molar-refractivity contribution is 0.556. The molecule has 0 aliphatic carbocycles. The van der Waals surface area contributed by atoms with E-state index in [0.29, 0.717) is 18.8 Å². The van der Waals surface area contributed by atoms with Crippen molar-refractivity contribution in [2.24, 2.45) is 0 Å². The average Bonchev–Trinajstić information content (AvgIpc) is 2.68. The largest absolute Gasteiger partial charge is 0.397 e. The minimum Gasteiger partial charge on any atom is -0.397 e. The first kappa shape index (κ1) is 11.4. The molecule has 0 radical (unpaired) electrons. The molecule has 0 amide bonds. The Morgan fingerprint density at radius 1 is 1.29 bits per heavy atom. The highest BCUT2D eigenvalue weighted by Crippen LogP contribution is 2.05. The van der Waals surface area contributed by atoms with Crippen molar-refractivity contribution in [3.05, 3.63) is 46.4 Å². The molecule has 0 aliphatic rings. The van der Waals surface area contributed by atoms with Gasteiger partial charge in [-0.15, -0.1) is 0 Å². The summed E-state index contributed by atoms with van der Waals surface area (Å²) in [5, 5.41) is 0. The van der Waals surface area contributed by atoms with Gasteiger partial charge in [0.15, 0.2) is 0 Å². The quantitative estimate of drug-likeness (QED) is 0.856. The summed E-state index contributed by atoms with van der Waals surface area (Å²) in [5.74, 6) is 0.943. The first-order valence-corrected chi connectivity index (χ1v) is 5.52. The summed E-state index contributed by atoms with van der Waals surface area (Å²) in [5.41, 5.74) is 7.24. The second-order valence-electron chi connectivity index (χ2n) is 4.11. The van der Waals surface area contributed by atoms with Crippen molar-refractivity contribution in [3.63, 3.8) is 0 Å². The van der Waals surface area contributed by atoms with Crippen LogP contribution in [0, 0.1) is 13.8 Å². The molecule has 0 bridgehead atoms. The van der Waals surface area contributed by atoms with Crippen LogP contribution < -0.4 is 11.3 Å². The number of nitrogens with zero attached hydrogens (tertiary/aromatic N) is 3. The van der Waals surface area contributed by atoms with Crippen LogP contribution in [0.4, 0.5) is 5.69 Å². The van der Waals surface area contributed by atoms with Gasteiger partial charge in [0.25, 0.3) is 5.56 Å². The minimum atomic E-state index is -0.0190. The van der Waals surface area contributed by atoms with Crippen molar-refractivity contribution in [1.29, 1.82) is 0 Å². The maximum atomic E-state index is 11.7. The molecule has 2 rings (SSSR count). The fourth-order valence-electron chi connectivity index (χ4n) is 1.72. The van der Waals surface area contributed by atoms with Crippen LogP contribution in [0.15, 0.2) is 29.5 Å². The Kier molecular flexibility index (Phi) is 2.99. The van der Waals surface area contributed by atoms with Crippen LogP contribution in [-0.2, 0) is 13.1 Å². The first-order valence-electron chi connectivity index (χ1n) is 5.52. The molecule has 0 aliphatic heterocycles. The van der Waals surface area contributed by atoms with Crippen LogP contribution in [0.5, 0.6) is 0 Å². The monoisotopic (exact) mass is 232 g/mol. The summed E-state index contributed by atoms with van der Waals surface area (Å²) < 4.78 is 3.63. The van der Waals surface area contributed by atoms with Gasteiger partial charge in [-0.1, -0.05) is 0 Å². The van der Waals surface area contributed by atoms with Gasteiger partial charge < -0.3 is 14.9 Å². The number of aromatic nitrogens is 3. The predicted octanol–water partition coefficient (Wildman–Crippen LogP) is 0.944. The molecule has 0 saturated carbocycles. The van der Waals surface area contributed by atoms with Crippen molar-refractivity contribution in [3.8, 4) is 0 Å². The zero-order chi connectivity index (χ0) is 12.4. The number of nitrogens with two attached hydrogens (primary N) is 1. The average molecular weight is 232 g/mol. The molecule has 0 atom stereocenters. The Morgan fingerprint density at radius 3 is 2.65 bits per heavy atom. The third kappa shape index (κ3) is 2.38. The van der Waals surface area contributed by atoms with Crippen LogP contribution in [0.2, 0.25) is 0 Å². The molecule has 17 heavy (non-hydrogen) atoms. The molecule has 2 aromatic rings. The van der Waals surface area contributed by atoms with Gasteiger partial charge in [-0.2, -0.15) is 0 Å². The van der Waals surface area contributed by atoms with E-state index in [-0.39, 0.29) is 5.56 Å². The van der Waals surface area contributed by atoms with E-state index >= 15 is 0 Å². The van der Waals surface area contributed by atoms with E-state index in [9.17, 15) is 4.79 Å². The molecule has 0 fully saturated rings. The molecule has 0 aromatic carbocycles. The first-order chi connectivity index (χ1) is 8.08. The Hall–Kier alpha value is -2.04. The summed E-state index contributed by atoms with van der Waals surface area (Å²) in [7, 11) is 0. The van der Waals surface area contributed by atoms with E-state index in [1.165, 1.54) is 0 Å². The molecule has 2 N–H and O–H groups in total. The van der Waals surface area contributed by atoms with E-state index in [0.717, 1.165) is 11.4 Å². The summed E-state index contributed by atoms with van der Waals surface area (Å²) in [6, 6.07) is 1.57. The molecule has 0 saturated heterocycles. The van der Waals surface area contributed by atoms with Gasteiger partial charge in [0.2, 0.25) is 0 Å². The summed E-state index contributed by atoms with van der Waals surface area (Å²) in [6.45, 7) is 5.09. The van der Waals surface area contributed by atoms with E-state index in [1.54, 1.807) is 23.0 Å². The Labute approximate surface area is 99.5 Å². The molecular formula is C12H16N4O. The van der Waals surface area contributed by atoms with Gasteiger partial charge in [0, 0.05) is 37.7 Å². The molecular weight excluding hydrogens is 216 g/mol. The number of pyridine rings is 1. The third-order valence-electron chi connectivity index (χ3n) is 2.88. The van der Waals surface area contributed by atoms with Crippen LogP contribution in [0.1, 0.15) is 11.4 Å². The Balaban J connectivity index is 2.17. The zero-order valence-electron chi connectivity index (χ0n) is 10.1. The minimum absolute atomic E-state index is 0.0190. The second-order valence-corrected chi connectivity index (χ2v) is 4.11. The van der Waals surface area contributed by atoms with Gasteiger partial charge >= 0.3 is 0 Å². The second kappa shape index (κ2) is 4.45. The zero-order valence-corrected chi connectivity index (χ0v) is 10.1. The van der Waals surface area contributed by atoms with Crippen LogP contribution in [0.25, 0.3) is 0 Å². The summed E-state index contributed by atoms with van der Waals surface area (Å²) in [4.78, 5) is 15.9. The molecule has 5 nitrogen and oxygen atoms in total. The van der Waals surface area contributed by atoms with Gasteiger partial charge in [-0.05, 0) is 19.4 Å². The molecule has 90 valence electrons. The van der Waals surface area contributed by atoms with Gasteiger partial charge in [0.1, 0.15) is 5.82 Å². The van der Waals surface area contributed by atoms with Gasteiger partial charge in [-0.3, -0.25) is 4.79 Å². The Bertz CT molecular complexity index is 582. The number of imidazole rings is 1. The van der Waals surface area contributed by atoms with Crippen molar-refractivity contribution < 1.29 is 0 Å². The van der Waals surface area contributed by atoms with Crippen molar-refractivity contribution in [1.82, 2.24) is 14.1 Å². The summed E-state index contributed by atoms with van der Waals surface area (Å²) in [6.07, 6.45) is 5.35. The molecule has 0 spiro atoms. The number of rotatable bonds is 3. The van der Waals surface area contributed by atoms with Crippen LogP contribution in [-0.4, -0.2) is 14.1 Å². The fourth-order valence-corrected chi connectivity index (χ4v) is 1.72. The normalized spacial score (nSPS) is 10.7. The van der Waals surface area contributed by atoms with Crippen molar-refractivity contribution in [2.45, 2.75) is 26.9 Å². The highest BCUT2D eigenvalue weighted by Gasteiger charge is 2.02. The highest BCUT2D eigenvalue weighted by atomic mass is 16.1. The van der Waals surface area contributed by atoms with Crippen LogP contribution >= 0.6 is 0 Å². The fraction of sp³-hybridized carbons (Fsp3) is 0.333. The number of nitrogen functional groups attached to an aromatic ring is 1. The van der Waals surface area contributed by atoms with E-state index in [4.69, 9.17) is 5.73 Å². The van der Waals surface area contributed by atoms with E-state index in [1.807, 2.05) is 24.6 Å². The molecule has 5 heteroatoms. The highest BCUT2D eigenvalue weighted by molar-refractivity contribution is 5.42. The SMILES string of the molecule is Cc1cc(=O)n(CCn2ccnc2C)cc1N. The number of anilines is 1. The molecule has 2 aromatic heterocycles. The lowest BCUT2D eigenvalue weighted by Crippen LogP contribution is -2.22. The van der Waals surface area contributed by atoms with Crippen LogP contribution in [0.3, 0.4) is 0 Å². The number of hydrogen-bond acceptors (Lipinski definition) is 3. The Morgan fingerprint density at radius 2 is 2.00 bits per heavy atom. The van der Waals surface area contributed by atoms with Crippen molar-refractivity contribution >= 4 is 5.69 Å². The predicted molar refractivity (Wildman–Crippen MR) is 66.8 cm³/mol. The third-order valence-corrected chi connectivity index (χ3v) is 2.88. The lowest BCUT2D eigenvalue weighted by Gasteiger charge is -2.09. The van der Waals surface area contributed by atoms with Gasteiger partial charge in [-0.25, -0.2) is 4.98 Å². The van der Waals surface area contributed by atoms with E-state index in [2.05, 4.69) is 4.98 Å². The van der Waals surface area contributed by atoms with Gasteiger partial charge in [0.05, 0.1) is 5.69 Å². The van der Waals surface area contributed by atoms with E-state index < -0.39 is 0 Å². The standard InChI is InChI=1S/C12H16N4O/c1-9-7-12(17)16(8-11(9)13)6-5-15-4-3-14-10(15)2/h3-4,7-8H,5-6,13H2,1-2H3. The lowest BCUT2D eigenvalue weighted by atomic mass is 10.2. The molecule has 0 unspecified atom stereocenters. The number of aryl methyl sites for hydroxylation is 4.